The van der Waals surface area contributed by atoms with E-state index in [1.807, 2.05) is 17.8 Å². The molecule has 1 aromatic rings. The quantitative estimate of drug-likeness (QED) is 0.439. The largest absolute Gasteiger partial charge is 0.352 e. The van der Waals surface area contributed by atoms with Crippen LogP contribution in [-0.4, -0.2) is 42.0 Å². The molecule has 1 aliphatic rings. The zero-order valence-corrected chi connectivity index (χ0v) is 16.5. The second-order valence-corrected chi connectivity index (χ2v) is 6.57. The standard InChI is InChI=1S/C16H21FN4S.HI/c1-3-14-11-21(6-7-22-14)16(19-2)20-10-13-8-12(9-18)4-5-15(13)17;/h4-5,8,14H,3,6-7,10-11H2,1-2H3,(H,19,20);1H. The molecule has 1 saturated heterocycles. The topological polar surface area (TPSA) is 51.4 Å². The van der Waals surface area contributed by atoms with E-state index >= 15 is 0 Å². The maximum absolute atomic E-state index is 13.8. The lowest BCUT2D eigenvalue weighted by atomic mass is 10.1. The number of rotatable bonds is 3. The van der Waals surface area contributed by atoms with E-state index in [1.165, 1.54) is 12.1 Å². The zero-order chi connectivity index (χ0) is 15.9. The van der Waals surface area contributed by atoms with Gasteiger partial charge in [0.25, 0.3) is 0 Å². The van der Waals surface area contributed by atoms with Crippen LogP contribution in [0, 0.1) is 17.1 Å². The van der Waals surface area contributed by atoms with Gasteiger partial charge in [-0.25, -0.2) is 4.39 Å². The van der Waals surface area contributed by atoms with Gasteiger partial charge >= 0.3 is 0 Å². The number of nitrogens with zero attached hydrogens (tertiary/aromatic N) is 3. The first-order valence-electron chi connectivity index (χ1n) is 7.43. The Morgan fingerprint density at radius 2 is 2.35 bits per heavy atom. The predicted molar refractivity (Wildman–Crippen MR) is 105 cm³/mol. The molecule has 1 unspecified atom stereocenters. The van der Waals surface area contributed by atoms with Crippen LogP contribution in [0.5, 0.6) is 0 Å². The van der Waals surface area contributed by atoms with E-state index in [0.29, 0.717) is 22.9 Å². The number of thioether (sulfide) groups is 1. The molecular weight excluding hydrogens is 426 g/mol. The first-order chi connectivity index (χ1) is 10.7. The van der Waals surface area contributed by atoms with Gasteiger partial charge in [-0.1, -0.05) is 6.92 Å². The second kappa shape index (κ2) is 9.98. The van der Waals surface area contributed by atoms with Crippen LogP contribution in [0.2, 0.25) is 0 Å². The fraction of sp³-hybridized carbons (Fsp3) is 0.500. The molecule has 0 radical (unpaired) electrons. The summed E-state index contributed by atoms with van der Waals surface area (Å²) < 4.78 is 13.8. The lowest BCUT2D eigenvalue weighted by molar-refractivity contribution is 0.407. The van der Waals surface area contributed by atoms with Gasteiger partial charge in [0.2, 0.25) is 0 Å². The Bertz CT molecular complexity index is 588. The van der Waals surface area contributed by atoms with E-state index in [1.54, 1.807) is 13.1 Å². The van der Waals surface area contributed by atoms with Crippen LogP contribution in [0.1, 0.15) is 24.5 Å². The van der Waals surface area contributed by atoms with Gasteiger partial charge in [-0.2, -0.15) is 17.0 Å². The summed E-state index contributed by atoms with van der Waals surface area (Å²) in [6.45, 7) is 4.43. The minimum absolute atomic E-state index is 0. The molecule has 0 bridgehead atoms. The van der Waals surface area contributed by atoms with Gasteiger partial charge in [0.15, 0.2) is 5.96 Å². The van der Waals surface area contributed by atoms with Crippen molar-refractivity contribution in [3.05, 3.63) is 35.1 Å². The lowest BCUT2D eigenvalue weighted by Gasteiger charge is -2.34. The van der Waals surface area contributed by atoms with E-state index in [-0.39, 0.29) is 29.8 Å². The van der Waals surface area contributed by atoms with Crippen molar-refractivity contribution >= 4 is 41.7 Å². The number of hydrogen-bond acceptors (Lipinski definition) is 3. The third-order valence-electron chi connectivity index (χ3n) is 3.72. The summed E-state index contributed by atoms with van der Waals surface area (Å²) in [7, 11) is 1.74. The number of hydrogen-bond donors (Lipinski definition) is 1. The van der Waals surface area contributed by atoms with Crippen molar-refractivity contribution in [2.45, 2.75) is 25.1 Å². The average molecular weight is 448 g/mol. The van der Waals surface area contributed by atoms with Crippen LogP contribution in [0.4, 0.5) is 4.39 Å². The molecule has 1 N–H and O–H groups in total. The molecule has 0 aliphatic carbocycles. The summed E-state index contributed by atoms with van der Waals surface area (Å²) in [5.74, 6) is 1.57. The highest BCUT2D eigenvalue weighted by Crippen LogP contribution is 2.21. The maximum atomic E-state index is 13.8. The highest BCUT2D eigenvalue weighted by atomic mass is 127. The molecule has 0 spiro atoms. The number of benzene rings is 1. The van der Waals surface area contributed by atoms with Crippen molar-refractivity contribution in [2.75, 3.05) is 25.9 Å². The highest BCUT2D eigenvalue weighted by Gasteiger charge is 2.21. The Labute approximate surface area is 158 Å². The van der Waals surface area contributed by atoms with Crippen molar-refractivity contribution in [1.29, 1.82) is 5.26 Å². The molecule has 0 amide bonds. The van der Waals surface area contributed by atoms with Gasteiger partial charge in [-0.05, 0) is 24.6 Å². The monoisotopic (exact) mass is 448 g/mol. The number of nitriles is 1. The minimum Gasteiger partial charge on any atom is -0.352 e. The van der Waals surface area contributed by atoms with Crippen molar-refractivity contribution in [3.8, 4) is 6.07 Å². The van der Waals surface area contributed by atoms with Crippen LogP contribution in [0.25, 0.3) is 0 Å². The fourth-order valence-electron chi connectivity index (χ4n) is 2.45. The number of guanidine groups is 1. The maximum Gasteiger partial charge on any atom is 0.193 e. The first-order valence-corrected chi connectivity index (χ1v) is 8.48. The smallest absolute Gasteiger partial charge is 0.193 e. The number of halogens is 2. The Balaban J connectivity index is 0.00000264. The van der Waals surface area contributed by atoms with E-state index in [4.69, 9.17) is 5.26 Å². The molecule has 1 heterocycles. The lowest BCUT2D eigenvalue weighted by Crippen LogP contribution is -2.47. The van der Waals surface area contributed by atoms with Crippen LogP contribution < -0.4 is 5.32 Å². The van der Waals surface area contributed by atoms with Crippen LogP contribution in [-0.2, 0) is 6.54 Å². The molecule has 0 aromatic heterocycles. The molecule has 1 atom stereocenters. The van der Waals surface area contributed by atoms with Crippen molar-refractivity contribution in [1.82, 2.24) is 10.2 Å². The summed E-state index contributed by atoms with van der Waals surface area (Å²) in [4.78, 5) is 6.52. The summed E-state index contributed by atoms with van der Waals surface area (Å²) in [6, 6.07) is 6.44. The van der Waals surface area contributed by atoms with Crippen molar-refractivity contribution in [2.24, 2.45) is 4.99 Å². The van der Waals surface area contributed by atoms with Gasteiger partial charge < -0.3 is 10.2 Å². The second-order valence-electron chi connectivity index (χ2n) is 5.17. The molecule has 1 aromatic carbocycles. The van der Waals surface area contributed by atoms with Gasteiger partial charge in [-0.15, -0.1) is 24.0 Å². The number of nitrogens with one attached hydrogen (secondary N) is 1. The summed E-state index contributed by atoms with van der Waals surface area (Å²) in [6.07, 6.45) is 1.14. The number of aliphatic imine (C=N–C) groups is 1. The Morgan fingerprint density at radius 3 is 3.00 bits per heavy atom. The normalized spacial score (nSPS) is 18.1. The molecule has 126 valence electrons. The molecule has 1 aliphatic heterocycles. The molecule has 2 rings (SSSR count). The molecular formula is C16H22FIN4S. The Hall–Kier alpha value is -1.01. The van der Waals surface area contributed by atoms with Gasteiger partial charge in [0.1, 0.15) is 5.82 Å². The average Bonchev–Trinajstić information content (AvgIpc) is 2.57. The SMILES string of the molecule is CCC1CN(C(=NC)NCc2cc(C#N)ccc2F)CCS1.I. The minimum atomic E-state index is -0.303. The van der Waals surface area contributed by atoms with Crippen LogP contribution in [0.3, 0.4) is 0 Å². The molecule has 23 heavy (non-hydrogen) atoms. The van der Waals surface area contributed by atoms with Gasteiger partial charge in [0.05, 0.1) is 11.6 Å². The fourth-order valence-corrected chi connectivity index (χ4v) is 3.63. The van der Waals surface area contributed by atoms with Crippen LogP contribution in [0.15, 0.2) is 23.2 Å². The van der Waals surface area contributed by atoms with Crippen LogP contribution >= 0.6 is 35.7 Å². The predicted octanol–water partition coefficient (Wildman–Crippen LogP) is 3.22. The molecule has 4 nitrogen and oxygen atoms in total. The zero-order valence-electron chi connectivity index (χ0n) is 13.4. The Morgan fingerprint density at radius 1 is 1.57 bits per heavy atom. The Kier molecular flexibility index (Phi) is 8.69. The van der Waals surface area contributed by atoms with E-state index < -0.39 is 0 Å². The third-order valence-corrected chi connectivity index (χ3v) is 5.09. The van der Waals surface area contributed by atoms with Crippen molar-refractivity contribution in [3.63, 3.8) is 0 Å². The molecule has 7 heteroatoms. The van der Waals surface area contributed by atoms with E-state index in [2.05, 4.69) is 22.1 Å². The van der Waals surface area contributed by atoms with E-state index in [9.17, 15) is 4.39 Å². The van der Waals surface area contributed by atoms with Gasteiger partial charge in [-0.3, -0.25) is 4.99 Å². The first kappa shape index (κ1) is 20.0. The summed E-state index contributed by atoms with van der Waals surface area (Å²) in [5.41, 5.74) is 0.951. The van der Waals surface area contributed by atoms with E-state index in [0.717, 1.165) is 31.2 Å². The third kappa shape index (κ3) is 5.53. The molecule has 0 saturated carbocycles. The van der Waals surface area contributed by atoms with Crippen molar-refractivity contribution < 1.29 is 4.39 Å². The summed E-state index contributed by atoms with van der Waals surface area (Å²) >= 11 is 2.00. The summed E-state index contributed by atoms with van der Waals surface area (Å²) in [5, 5.41) is 12.7. The highest BCUT2D eigenvalue weighted by molar-refractivity contribution is 14.0. The molecule has 1 fully saturated rings. The van der Waals surface area contributed by atoms with Gasteiger partial charge in [0, 0.05) is 43.2 Å².